The van der Waals surface area contributed by atoms with Crippen molar-refractivity contribution in [2.24, 2.45) is 5.73 Å². The van der Waals surface area contributed by atoms with Crippen molar-refractivity contribution in [1.29, 1.82) is 0 Å². The van der Waals surface area contributed by atoms with Crippen LogP contribution in [0.4, 0.5) is 0 Å². The van der Waals surface area contributed by atoms with Gasteiger partial charge in [-0.3, -0.25) is 4.98 Å². The first-order chi connectivity index (χ1) is 9.72. The molecule has 102 valence electrons. The fourth-order valence-electron chi connectivity index (χ4n) is 2.38. The van der Waals surface area contributed by atoms with Crippen molar-refractivity contribution < 1.29 is 4.42 Å². The molecule has 0 bridgehead atoms. The minimum Gasteiger partial charge on any atom is -0.459 e. The number of hydrogen-bond acceptors (Lipinski definition) is 3. The van der Waals surface area contributed by atoms with Crippen LogP contribution in [-0.4, -0.2) is 4.98 Å². The predicted molar refractivity (Wildman–Crippen MR) is 80.4 cm³/mol. The number of aryl methyl sites for hydroxylation is 2. The molecule has 20 heavy (non-hydrogen) atoms. The van der Waals surface area contributed by atoms with E-state index in [2.05, 4.69) is 30.1 Å². The van der Waals surface area contributed by atoms with Gasteiger partial charge in [-0.25, -0.2) is 0 Å². The zero-order valence-corrected chi connectivity index (χ0v) is 11.5. The molecule has 0 aliphatic rings. The summed E-state index contributed by atoms with van der Waals surface area (Å²) in [7, 11) is 0. The van der Waals surface area contributed by atoms with Gasteiger partial charge < -0.3 is 10.2 Å². The van der Waals surface area contributed by atoms with E-state index in [0.29, 0.717) is 0 Å². The van der Waals surface area contributed by atoms with E-state index in [0.717, 1.165) is 29.6 Å². The predicted octanol–water partition coefficient (Wildman–Crippen LogP) is 3.77. The Morgan fingerprint density at radius 1 is 1.15 bits per heavy atom. The van der Waals surface area contributed by atoms with E-state index in [1.807, 2.05) is 30.6 Å². The summed E-state index contributed by atoms with van der Waals surface area (Å²) in [4.78, 5) is 4.02. The molecule has 0 fully saturated rings. The Labute approximate surface area is 118 Å². The Kier molecular flexibility index (Phi) is 3.52. The lowest BCUT2D eigenvalue weighted by molar-refractivity contribution is 0.478. The van der Waals surface area contributed by atoms with Crippen molar-refractivity contribution >= 4 is 11.0 Å². The SMILES string of the molecule is Cc1ccc2oc(C(N)CCc3ccncc3)cc2c1. The Balaban J connectivity index is 1.73. The first-order valence-electron chi connectivity index (χ1n) is 6.87. The molecule has 2 aromatic heterocycles. The highest BCUT2D eigenvalue weighted by atomic mass is 16.3. The number of hydrogen-bond donors (Lipinski definition) is 1. The van der Waals surface area contributed by atoms with Crippen LogP contribution in [0.5, 0.6) is 0 Å². The van der Waals surface area contributed by atoms with Crippen LogP contribution in [0.2, 0.25) is 0 Å². The Hall–Kier alpha value is -2.13. The zero-order valence-electron chi connectivity index (χ0n) is 11.5. The molecule has 3 heteroatoms. The zero-order chi connectivity index (χ0) is 13.9. The molecule has 0 saturated heterocycles. The third-order valence-corrected chi connectivity index (χ3v) is 3.55. The molecule has 0 radical (unpaired) electrons. The Morgan fingerprint density at radius 2 is 1.95 bits per heavy atom. The van der Waals surface area contributed by atoms with Crippen LogP contribution in [0.25, 0.3) is 11.0 Å². The average Bonchev–Trinajstić information content (AvgIpc) is 2.89. The summed E-state index contributed by atoms with van der Waals surface area (Å²) in [5.74, 6) is 0.861. The molecule has 1 aromatic carbocycles. The molecule has 3 rings (SSSR count). The molecule has 1 unspecified atom stereocenters. The molecular weight excluding hydrogens is 248 g/mol. The Morgan fingerprint density at radius 3 is 2.75 bits per heavy atom. The quantitative estimate of drug-likeness (QED) is 0.782. The minimum atomic E-state index is -0.0733. The van der Waals surface area contributed by atoms with Crippen molar-refractivity contribution in [3.63, 3.8) is 0 Å². The van der Waals surface area contributed by atoms with Crippen molar-refractivity contribution in [2.45, 2.75) is 25.8 Å². The minimum absolute atomic E-state index is 0.0733. The summed E-state index contributed by atoms with van der Waals surface area (Å²) in [6.07, 6.45) is 5.41. The van der Waals surface area contributed by atoms with Gasteiger partial charge in [-0.05, 0) is 55.7 Å². The number of benzene rings is 1. The maximum Gasteiger partial charge on any atom is 0.134 e. The summed E-state index contributed by atoms with van der Waals surface area (Å²) in [6.45, 7) is 2.08. The van der Waals surface area contributed by atoms with E-state index in [1.54, 1.807) is 0 Å². The van der Waals surface area contributed by atoms with Crippen LogP contribution in [-0.2, 0) is 6.42 Å². The number of fused-ring (bicyclic) bond motifs is 1. The molecule has 3 nitrogen and oxygen atoms in total. The van der Waals surface area contributed by atoms with Crippen LogP contribution in [0.15, 0.2) is 53.2 Å². The fourth-order valence-corrected chi connectivity index (χ4v) is 2.38. The lowest BCUT2D eigenvalue weighted by atomic mass is 10.0. The van der Waals surface area contributed by atoms with Crippen LogP contribution in [0, 0.1) is 6.92 Å². The lowest BCUT2D eigenvalue weighted by Gasteiger charge is -2.08. The van der Waals surface area contributed by atoms with Crippen molar-refractivity contribution in [3.8, 4) is 0 Å². The van der Waals surface area contributed by atoms with E-state index in [9.17, 15) is 0 Å². The van der Waals surface area contributed by atoms with Gasteiger partial charge in [0.1, 0.15) is 11.3 Å². The van der Waals surface area contributed by atoms with Gasteiger partial charge in [-0.1, -0.05) is 11.6 Å². The average molecular weight is 266 g/mol. The first kappa shape index (κ1) is 12.9. The number of furan rings is 1. The van der Waals surface area contributed by atoms with Gasteiger partial charge in [0.2, 0.25) is 0 Å². The molecule has 3 aromatic rings. The Bertz CT molecular complexity index is 703. The van der Waals surface area contributed by atoms with Gasteiger partial charge in [-0.15, -0.1) is 0 Å². The molecule has 1 atom stereocenters. The van der Waals surface area contributed by atoms with E-state index < -0.39 is 0 Å². The normalized spacial score (nSPS) is 12.7. The van der Waals surface area contributed by atoms with Gasteiger partial charge in [0.15, 0.2) is 0 Å². The van der Waals surface area contributed by atoms with Gasteiger partial charge >= 0.3 is 0 Å². The largest absolute Gasteiger partial charge is 0.459 e. The third-order valence-electron chi connectivity index (χ3n) is 3.55. The summed E-state index contributed by atoms with van der Waals surface area (Å²) in [5, 5.41) is 1.12. The molecule has 0 saturated carbocycles. The topological polar surface area (TPSA) is 52.0 Å². The second-order valence-electron chi connectivity index (χ2n) is 5.19. The van der Waals surface area contributed by atoms with E-state index in [-0.39, 0.29) is 6.04 Å². The van der Waals surface area contributed by atoms with Gasteiger partial charge in [0, 0.05) is 17.8 Å². The van der Waals surface area contributed by atoms with Crippen LogP contribution in [0.1, 0.15) is 29.3 Å². The van der Waals surface area contributed by atoms with E-state index in [1.165, 1.54) is 11.1 Å². The van der Waals surface area contributed by atoms with Crippen LogP contribution >= 0.6 is 0 Å². The van der Waals surface area contributed by atoms with Crippen LogP contribution in [0.3, 0.4) is 0 Å². The number of nitrogens with zero attached hydrogens (tertiary/aromatic N) is 1. The lowest BCUT2D eigenvalue weighted by Crippen LogP contribution is -2.10. The molecule has 0 spiro atoms. The second kappa shape index (κ2) is 5.47. The van der Waals surface area contributed by atoms with Crippen molar-refractivity contribution in [1.82, 2.24) is 4.98 Å². The standard InChI is InChI=1S/C17H18N2O/c1-12-2-5-16-14(10-12)11-17(20-16)15(18)4-3-13-6-8-19-9-7-13/h2,5-11,15H,3-4,18H2,1H3. The fraction of sp³-hybridized carbons (Fsp3) is 0.235. The van der Waals surface area contributed by atoms with Gasteiger partial charge in [0.25, 0.3) is 0 Å². The molecule has 0 aliphatic heterocycles. The summed E-state index contributed by atoms with van der Waals surface area (Å²) < 4.78 is 5.84. The molecular formula is C17H18N2O. The maximum atomic E-state index is 6.24. The number of nitrogens with two attached hydrogens (primary N) is 1. The highest BCUT2D eigenvalue weighted by Crippen LogP contribution is 2.26. The van der Waals surface area contributed by atoms with Gasteiger partial charge in [-0.2, -0.15) is 0 Å². The number of aromatic nitrogens is 1. The summed E-state index contributed by atoms with van der Waals surface area (Å²) in [5.41, 5.74) is 9.63. The van der Waals surface area contributed by atoms with Crippen LogP contribution < -0.4 is 5.73 Å². The smallest absolute Gasteiger partial charge is 0.134 e. The van der Waals surface area contributed by atoms with Crippen molar-refractivity contribution in [3.05, 3.63) is 65.7 Å². The molecule has 0 aliphatic carbocycles. The summed E-state index contributed by atoms with van der Waals surface area (Å²) in [6, 6.07) is 12.2. The molecule has 2 N–H and O–H groups in total. The number of rotatable bonds is 4. The molecule has 0 amide bonds. The highest BCUT2D eigenvalue weighted by molar-refractivity contribution is 5.78. The maximum absolute atomic E-state index is 6.24. The first-order valence-corrected chi connectivity index (χ1v) is 6.87. The highest BCUT2D eigenvalue weighted by Gasteiger charge is 2.12. The van der Waals surface area contributed by atoms with E-state index in [4.69, 9.17) is 10.2 Å². The van der Waals surface area contributed by atoms with Gasteiger partial charge in [0.05, 0.1) is 6.04 Å². The molecule has 2 heterocycles. The number of pyridine rings is 1. The summed E-state index contributed by atoms with van der Waals surface area (Å²) >= 11 is 0. The third kappa shape index (κ3) is 2.73. The monoisotopic (exact) mass is 266 g/mol. The van der Waals surface area contributed by atoms with E-state index >= 15 is 0 Å². The van der Waals surface area contributed by atoms with Crippen molar-refractivity contribution in [2.75, 3.05) is 0 Å². The second-order valence-corrected chi connectivity index (χ2v) is 5.19.